The molecule has 152 valence electrons. The fourth-order valence-electron chi connectivity index (χ4n) is 3.21. The first-order chi connectivity index (χ1) is 14.3. The van der Waals surface area contributed by atoms with E-state index in [2.05, 4.69) is 25.3 Å². The second-order valence-electron chi connectivity index (χ2n) is 6.89. The predicted octanol–water partition coefficient (Wildman–Crippen LogP) is 2.47. The number of carbonyl (C=O) groups excluding carboxylic acids is 2. The number of hydrogen-bond donors (Lipinski definition) is 2. The minimum absolute atomic E-state index is 0.252. The summed E-state index contributed by atoms with van der Waals surface area (Å²) < 4.78 is 0. The number of nitrogens with one attached hydrogen (secondary N) is 1. The van der Waals surface area contributed by atoms with Crippen molar-refractivity contribution < 1.29 is 9.59 Å². The molecule has 0 bridgehead atoms. The first-order valence-corrected chi connectivity index (χ1v) is 9.54. The molecule has 0 radical (unpaired) electrons. The Bertz CT molecular complexity index is 1170. The lowest BCUT2D eigenvalue weighted by molar-refractivity contribution is -0.122. The molecule has 0 aliphatic carbocycles. The van der Waals surface area contributed by atoms with Crippen molar-refractivity contribution in [2.45, 2.75) is 26.4 Å². The number of aryl methyl sites for hydroxylation is 1. The number of benzene rings is 1. The maximum absolute atomic E-state index is 12.8. The summed E-state index contributed by atoms with van der Waals surface area (Å²) in [6, 6.07) is 6.39. The molecule has 0 spiro atoms. The second-order valence-corrected chi connectivity index (χ2v) is 7.29. The summed E-state index contributed by atoms with van der Waals surface area (Å²) in [5, 5.41) is 3.36. The topological polar surface area (TPSA) is 127 Å². The summed E-state index contributed by atoms with van der Waals surface area (Å²) in [5.74, 6) is 0.671. The van der Waals surface area contributed by atoms with Gasteiger partial charge in [0.25, 0.3) is 5.91 Å². The third kappa shape index (κ3) is 3.67. The van der Waals surface area contributed by atoms with Gasteiger partial charge in [-0.05, 0) is 31.5 Å². The molecule has 3 aromatic rings. The van der Waals surface area contributed by atoms with Gasteiger partial charge in [-0.3, -0.25) is 9.59 Å². The SMILES string of the molecule is Cc1nccc(Nc2ncc(Cl)c(-c3ccc4c(c3)C(=O)N([C@H](C)C(N)=O)C4)n2)n1. The highest BCUT2D eigenvalue weighted by Gasteiger charge is 2.33. The van der Waals surface area contributed by atoms with Gasteiger partial charge in [0, 0.05) is 23.9 Å². The number of halogens is 1. The summed E-state index contributed by atoms with van der Waals surface area (Å²) in [6.45, 7) is 3.72. The predicted molar refractivity (Wildman–Crippen MR) is 111 cm³/mol. The molecule has 0 fully saturated rings. The van der Waals surface area contributed by atoms with E-state index in [0.717, 1.165) is 5.56 Å². The molecule has 1 aliphatic heterocycles. The number of rotatable bonds is 5. The van der Waals surface area contributed by atoms with Gasteiger partial charge in [0.1, 0.15) is 17.7 Å². The molecule has 0 saturated heterocycles. The molecule has 1 atom stereocenters. The molecule has 30 heavy (non-hydrogen) atoms. The molecule has 1 aliphatic rings. The number of carbonyl (C=O) groups is 2. The van der Waals surface area contributed by atoms with E-state index in [4.69, 9.17) is 17.3 Å². The van der Waals surface area contributed by atoms with E-state index < -0.39 is 11.9 Å². The smallest absolute Gasteiger partial charge is 0.255 e. The lowest BCUT2D eigenvalue weighted by atomic mass is 10.0. The van der Waals surface area contributed by atoms with E-state index in [1.165, 1.54) is 11.1 Å². The Morgan fingerprint density at radius 3 is 2.80 bits per heavy atom. The van der Waals surface area contributed by atoms with Gasteiger partial charge in [-0.2, -0.15) is 0 Å². The number of nitrogens with zero attached hydrogens (tertiary/aromatic N) is 5. The van der Waals surface area contributed by atoms with Crippen molar-refractivity contribution in [3.8, 4) is 11.3 Å². The number of amides is 2. The summed E-state index contributed by atoms with van der Waals surface area (Å²) in [7, 11) is 0. The molecule has 3 heterocycles. The normalized spacial score (nSPS) is 13.8. The van der Waals surface area contributed by atoms with Gasteiger partial charge in [0.2, 0.25) is 11.9 Å². The van der Waals surface area contributed by atoms with Crippen LogP contribution in [0.25, 0.3) is 11.3 Å². The van der Waals surface area contributed by atoms with Crippen molar-refractivity contribution in [3.05, 3.63) is 58.6 Å². The van der Waals surface area contributed by atoms with Crippen LogP contribution in [0.1, 0.15) is 28.7 Å². The quantitative estimate of drug-likeness (QED) is 0.645. The van der Waals surface area contributed by atoms with E-state index in [9.17, 15) is 9.59 Å². The minimum atomic E-state index is -0.692. The van der Waals surface area contributed by atoms with Crippen molar-refractivity contribution in [2.75, 3.05) is 5.32 Å². The maximum atomic E-state index is 12.8. The van der Waals surface area contributed by atoms with Gasteiger partial charge in [-0.25, -0.2) is 19.9 Å². The van der Waals surface area contributed by atoms with Crippen LogP contribution in [0.4, 0.5) is 11.8 Å². The zero-order valence-electron chi connectivity index (χ0n) is 16.3. The molecular formula is C20H18ClN7O2. The Morgan fingerprint density at radius 1 is 1.27 bits per heavy atom. The Hall–Kier alpha value is -3.59. The molecule has 0 unspecified atom stereocenters. The monoisotopic (exact) mass is 423 g/mol. The third-order valence-corrected chi connectivity index (χ3v) is 5.13. The van der Waals surface area contributed by atoms with Crippen molar-refractivity contribution in [2.24, 2.45) is 5.73 Å². The minimum Gasteiger partial charge on any atom is -0.368 e. The summed E-state index contributed by atoms with van der Waals surface area (Å²) in [4.78, 5) is 42.7. The van der Waals surface area contributed by atoms with Gasteiger partial charge in [0.15, 0.2) is 0 Å². The van der Waals surface area contributed by atoms with Crippen molar-refractivity contribution in [3.63, 3.8) is 0 Å². The number of hydrogen-bond acceptors (Lipinski definition) is 7. The van der Waals surface area contributed by atoms with Crippen molar-refractivity contribution in [1.29, 1.82) is 0 Å². The Kier molecular flexibility index (Phi) is 5.04. The average Bonchev–Trinajstić information content (AvgIpc) is 3.05. The molecular weight excluding hydrogens is 406 g/mol. The zero-order chi connectivity index (χ0) is 21.4. The van der Waals surface area contributed by atoms with Crippen LogP contribution in [0.3, 0.4) is 0 Å². The average molecular weight is 424 g/mol. The number of fused-ring (bicyclic) bond motifs is 1. The summed E-state index contributed by atoms with van der Waals surface area (Å²) in [6.07, 6.45) is 3.11. The standard InChI is InChI=1S/C20H18ClN7O2/c1-10(18(22)29)28-9-13-4-3-12(7-14(13)19(28)30)17-15(21)8-24-20(27-17)26-16-5-6-23-11(2)25-16/h3-8,10H,9H2,1-2H3,(H2,22,29)(H,23,24,25,26,27)/t10-/m1/s1. The van der Waals surface area contributed by atoms with E-state index in [1.54, 1.807) is 32.2 Å². The Morgan fingerprint density at radius 2 is 2.07 bits per heavy atom. The van der Waals surface area contributed by atoms with Crippen LogP contribution in [-0.4, -0.2) is 42.7 Å². The summed E-state index contributed by atoms with van der Waals surface area (Å²) in [5.41, 5.74) is 7.80. The largest absolute Gasteiger partial charge is 0.368 e. The van der Waals surface area contributed by atoms with Crippen LogP contribution in [0.5, 0.6) is 0 Å². The molecule has 2 aromatic heterocycles. The van der Waals surface area contributed by atoms with Gasteiger partial charge >= 0.3 is 0 Å². The first-order valence-electron chi connectivity index (χ1n) is 9.16. The van der Waals surface area contributed by atoms with Crippen LogP contribution >= 0.6 is 11.6 Å². The molecule has 3 N–H and O–H groups in total. The van der Waals surface area contributed by atoms with Crippen LogP contribution in [0, 0.1) is 6.92 Å². The maximum Gasteiger partial charge on any atom is 0.255 e. The highest BCUT2D eigenvalue weighted by atomic mass is 35.5. The van der Waals surface area contributed by atoms with Crippen LogP contribution < -0.4 is 11.1 Å². The van der Waals surface area contributed by atoms with Gasteiger partial charge in [-0.1, -0.05) is 23.7 Å². The molecule has 1 aromatic carbocycles. The molecule has 4 rings (SSSR count). The van der Waals surface area contributed by atoms with Crippen LogP contribution in [0.15, 0.2) is 36.7 Å². The summed E-state index contributed by atoms with van der Waals surface area (Å²) >= 11 is 6.33. The lowest BCUT2D eigenvalue weighted by Crippen LogP contribution is -2.42. The first kappa shape index (κ1) is 19.7. The third-order valence-electron chi connectivity index (χ3n) is 4.85. The van der Waals surface area contributed by atoms with Crippen LogP contribution in [-0.2, 0) is 11.3 Å². The van der Waals surface area contributed by atoms with Gasteiger partial charge < -0.3 is 16.0 Å². The molecule has 10 heteroatoms. The second kappa shape index (κ2) is 7.68. The fourth-order valence-corrected chi connectivity index (χ4v) is 3.41. The zero-order valence-corrected chi connectivity index (χ0v) is 17.0. The van der Waals surface area contributed by atoms with E-state index >= 15 is 0 Å². The van der Waals surface area contributed by atoms with Gasteiger partial charge in [0.05, 0.1) is 16.9 Å². The highest BCUT2D eigenvalue weighted by Crippen LogP contribution is 2.32. The van der Waals surface area contributed by atoms with Crippen molar-refractivity contribution >= 4 is 35.2 Å². The number of aromatic nitrogens is 4. The number of anilines is 2. The van der Waals surface area contributed by atoms with Crippen molar-refractivity contribution in [1.82, 2.24) is 24.8 Å². The molecule has 9 nitrogen and oxygen atoms in total. The van der Waals surface area contributed by atoms with E-state index in [-0.39, 0.29) is 5.91 Å². The fraction of sp³-hybridized carbons (Fsp3) is 0.200. The van der Waals surface area contributed by atoms with Crippen LogP contribution in [0.2, 0.25) is 5.02 Å². The van der Waals surface area contributed by atoms with Gasteiger partial charge in [-0.15, -0.1) is 0 Å². The Labute approximate surface area is 177 Å². The number of nitrogens with two attached hydrogens (primary N) is 1. The van der Waals surface area contributed by atoms with E-state index in [1.807, 2.05) is 12.1 Å². The molecule has 0 saturated carbocycles. The Balaban J connectivity index is 1.66. The highest BCUT2D eigenvalue weighted by molar-refractivity contribution is 6.33. The van der Waals surface area contributed by atoms with E-state index in [0.29, 0.717) is 46.0 Å². The number of primary amides is 1. The lowest BCUT2D eigenvalue weighted by Gasteiger charge is -2.20. The molecule has 2 amide bonds.